The standard InChI is InChI=1S/C9H12ClNO2S.ClH/c1-2-14(12,13)9-6-4-3-5-8(9)7-11-10;/h3-6,11H,2,7H2,1H3;1H. The van der Waals surface area contributed by atoms with Gasteiger partial charge in [0.05, 0.1) is 10.6 Å². The minimum atomic E-state index is -3.15. The Balaban J connectivity index is 0.00000196. The molecule has 0 aliphatic rings. The molecule has 1 N–H and O–H groups in total. The van der Waals surface area contributed by atoms with E-state index < -0.39 is 9.84 Å². The van der Waals surface area contributed by atoms with Crippen LogP contribution in [0.25, 0.3) is 0 Å². The molecule has 0 saturated carbocycles. The van der Waals surface area contributed by atoms with E-state index in [1.807, 2.05) is 0 Å². The highest BCUT2D eigenvalue weighted by Crippen LogP contribution is 2.16. The van der Waals surface area contributed by atoms with Gasteiger partial charge in [-0.1, -0.05) is 25.1 Å². The second kappa shape index (κ2) is 6.33. The van der Waals surface area contributed by atoms with Gasteiger partial charge in [0.25, 0.3) is 0 Å². The minimum Gasteiger partial charge on any atom is -0.229 e. The summed E-state index contributed by atoms with van der Waals surface area (Å²) < 4.78 is 23.3. The predicted octanol–water partition coefficient (Wildman–Crippen LogP) is 2.15. The maximum absolute atomic E-state index is 11.6. The van der Waals surface area contributed by atoms with Crippen molar-refractivity contribution in [1.82, 2.24) is 4.84 Å². The maximum atomic E-state index is 11.6. The fourth-order valence-electron chi connectivity index (χ4n) is 1.18. The number of sulfone groups is 1. The number of halogens is 2. The van der Waals surface area contributed by atoms with Crippen molar-refractivity contribution in [3.05, 3.63) is 29.8 Å². The Morgan fingerprint density at radius 2 is 1.93 bits per heavy atom. The molecule has 0 saturated heterocycles. The van der Waals surface area contributed by atoms with E-state index in [2.05, 4.69) is 4.84 Å². The normalized spacial score (nSPS) is 10.8. The molecule has 1 aromatic carbocycles. The van der Waals surface area contributed by atoms with Gasteiger partial charge in [-0.05, 0) is 23.4 Å². The molecule has 1 aromatic rings. The summed E-state index contributed by atoms with van der Waals surface area (Å²) in [6.45, 7) is 1.97. The Bertz CT molecular complexity index is 406. The van der Waals surface area contributed by atoms with Gasteiger partial charge in [-0.2, -0.15) is 0 Å². The van der Waals surface area contributed by atoms with E-state index in [1.54, 1.807) is 31.2 Å². The third kappa shape index (κ3) is 3.65. The minimum absolute atomic E-state index is 0. The van der Waals surface area contributed by atoms with Gasteiger partial charge < -0.3 is 0 Å². The van der Waals surface area contributed by atoms with Crippen LogP contribution in [0.5, 0.6) is 0 Å². The molecule has 0 unspecified atom stereocenters. The maximum Gasteiger partial charge on any atom is 0.178 e. The van der Waals surface area contributed by atoms with Gasteiger partial charge in [-0.25, -0.2) is 13.3 Å². The van der Waals surface area contributed by atoms with Crippen molar-refractivity contribution in [2.45, 2.75) is 18.4 Å². The molecule has 1 rings (SSSR count). The van der Waals surface area contributed by atoms with Gasteiger partial charge in [0.15, 0.2) is 9.84 Å². The Morgan fingerprint density at radius 1 is 1.33 bits per heavy atom. The van der Waals surface area contributed by atoms with Crippen LogP contribution in [-0.4, -0.2) is 14.2 Å². The Kier molecular flexibility index (Phi) is 6.20. The lowest BCUT2D eigenvalue weighted by Crippen LogP contribution is -2.10. The molecule has 3 nitrogen and oxygen atoms in total. The van der Waals surface area contributed by atoms with Crippen molar-refractivity contribution in [2.24, 2.45) is 0 Å². The van der Waals surface area contributed by atoms with E-state index in [-0.39, 0.29) is 18.2 Å². The summed E-state index contributed by atoms with van der Waals surface area (Å²) in [7, 11) is -3.15. The highest BCUT2D eigenvalue weighted by molar-refractivity contribution is 7.91. The molecule has 0 bridgehead atoms. The lowest BCUT2D eigenvalue weighted by Gasteiger charge is -2.07. The van der Waals surface area contributed by atoms with Crippen molar-refractivity contribution >= 4 is 34.0 Å². The van der Waals surface area contributed by atoms with Gasteiger partial charge in [-0.3, -0.25) is 0 Å². The number of benzene rings is 1. The molecule has 0 aromatic heterocycles. The molecular formula is C9H13Cl2NO2S. The van der Waals surface area contributed by atoms with Crippen LogP contribution in [-0.2, 0) is 16.4 Å². The zero-order valence-corrected chi connectivity index (χ0v) is 10.6. The summed E-state index contributed by atoms with van der Waals surface area (Å²) in [6.07, 6.45) is 0. The zero-order chi connectivity index (χ0) is 10.6. The Labute approximate surface area is 101 Å². The summed E-state index contributed by atoms with van der Waals surface area (Å²) in [5.41, 5.74) is 0.698. The SMILES string of the molecule is CCS(=O)(=O)c1ccccc1CNCl.Cl. The highest BCUT2D eigenvalue weighted by Gasteiger charge is 2.14. The lowest BCUT2D eigenvalue weighted by atomic mass is 10.2. The van der Waals surface area contributed by atoms with Crippen molar-refractivity contribution in [1.29, 1.82) is 0 Å². The molecule has 15 heavy (non-hydrogen) atoms. The molecule has 6 heteroatoms. The summed E-state index contributed by atoms with van der Waals surface area (Å²) >= 11 is 5.36. The van der Waals surface area contributed by atoms with Crippen molar-refractivity contribution in [3.8, 4) is 0 Å². The number of hydrogen-bond acceptors (Lipinski definition) is 3. The molecule has 0 fully saturated rings. The van der Waals surface area contributed by atoms with Crippen molar-refractivity contribution < 1.29 is 8.42 Å². The van der Waals surface area contributed by atoms with Crippen LogP contribution < -0.4 is 4.84 Å². The van der Waals surface area contributed by atoms with E-state index in [0.29, 0.717) is 17.0 Å². The van der Waals surface area contributed by atoms with Gasteiger partial charge >= 0.3 is 0 Å². The zero-order valence-electron chi connectivity index (χ0n) is 8.23. The predicted molar refractivity (Wildman–Crippen MR) is 64.1 cm³/mol. The van der Waals surface area contributed by atoms with Crippen molar-refractivity contribution in [2.75, 3.05) is 5.75 Å². The van der Waals surface area contributed by atoms with Gasteiger partial charge in [-0.15, -0.1) is 12.4 Å². The fourth-order valence-corrected chi connectivity index (χ4v) is 2.46. The average molecular weight is 270 g/mol. The topological polar surface area (TPSA) is 46.2 Å². The second-order valence-electron chi connectivity index (χ2n) is 2.82. The van der Waals surface area contributed by atoms with E-state index in [9.17, 15) is 8.42 Å². The first-order valence-corrected chi connectivity index (χ1v) is 6.29. The van der Waals surface area contributed by atoms with Crippen LogP contribution in [0.4, 0.5) is 0 Å². The van der Waals surface area contributed by atoms with Gasteiger partial charge in [0.2, 0.25) is 0 Å². The molecule has 0 spiro atoms. The Morgan fingerprint density at radius 3 is 2.47 bits per heavy atom. The Hall–Kier alpha value is -0.290. The number of hydrogen-bond donors (Lipinski definition) is 1. The molecule has 0 aliphatic heterocycles. The highest BCUT2D eigenvalue weighted by atomic mass is 35.5. The van der Waals surface area contributed by atoms with E-state index in [4.69, 9.17) is 11.8 Å². The largest absolute Gasteiger partial charge is 0.229 e. The van der Waals surface area contributed by atoms with Crippen molar-refractivity contribution in [3.63, 3.8) is 0 Å². The smallest absolute Gasteiger partial charge is 0.178 e. The number of nitrogens with one attached hydrogen (secondary N) is 1. The van der Waals surface area contributed by atoms with E-state index in [1.165, 1.54) is 0 Å². The molecule has 0 radical (unpaired) electrons. The molecule has 0 atom stereocenters. The third-order valence-corrected chi connectivity index (χ3v) is 3.91. The van der Waals surface area contributed by atoms with Crippen LogP contribution >= 0.6 is 24.2 Å². The van der Waals surface area contributed by atoms with Crippen LogP contribution in [0.2, 0.25) is 0 Å². The summed E-state index contributed by atoms with van der Waals surface area (Å²) in [6, 6.07) is 6.85. The van der Waals surface area contributed by atoms with Crippen LogP contribution in [0.15, 0.2) is 29.2 Å². The first-order valence-electron chi connectivity index (χ1n) is 4.26. The van der Waals surface area contributed by atoms with Crippen LogP contribution in [0, 0.1) is 0 Å². The molecular weight excluding hydrogens is 257 g/mol. The fraction of sp³-hybridized carbons (Fsp3) is 0.333. The first kappa shape index (κ1) is 14.7. The van der Waals surface area contributed by atoms with Gasteiger partial charge in [0, 0.05) is 6.54 Å². The summed E-state index contributed by atoms with van der Waals surface area (Å²) in [5, 5.41) is 0. The van der Waals surface area contributed by atoms with Gasteiger partial charge in [0.1, 0.15) is 0 Å². The van der Waals surface area contributed by atoms with E-state index >= 15 is 0 Å². The number of rotatable bonds is 4. The second-order valence-corrected chi connectivity index (χ2v) is 5.34. The molecule has 86 valence electrons. The summed E-state index contributed by atoms with van der Waals surface area (Å²) in [5.74, 6) is 0.103. The first-order chi connectivity index (χ1) is 6.61. The van der Waals surface area contributed by atoms with Crippen LogP contribution in [0.3, 0.4) is 0 Å². The summed E-state index contributed by atoms with van der Waals surface area (Å²) in [4.78, 5) is 2.79. The molecule has 0 heterocycles. The van der Waals surface area contributed by atoms with Crippen LogP contribution in [0.1, 0.15) is 12.5 Å². The quantitative estimate of drug-likeness (QED) is 0.853. The lowest BCUT2D eigenvalue weighted by molar-refractivity contribution is 0.596. The molecule has 0 aliphatic carbocycles. The molecule has 0 amide bonds. The average Bonchev–Trinajstić information content (AvgIpc) is 2.19. The van der Waals surface area contributed by atoms with E-state index in [0.717, 1.165) is 0 Å². The monoisotopic (exact) mass is 269 g/mol. The third-order valence-electron chi connectivity index (χ3n) is 1.94.